The van der Waals surface area contributed by atoms with Gasteiger partial charge in [0.1, 0.15) is 17.9 Å². The molecule has 0 unspecified atom stereocenters. The molecular weight excluding hydrogens is 222 g/mol. The lowest BCUT2D eigenvalue weighted by Gasteiger charge is -1.96. The Morgan fingerprint density at radius 3 is 3.00 bits per heavy atom. The molecule has 0 saturated carbocycles. The number of aromatic nitrogens is 2. The van der Waals surface area contributed by atoms with Gasteiger partial charge in [0.2, 0.25) is 0 Å². The highest BCUT2D eigenvalue weighted by Gasteiger charge is 2.11. The number of aliphatic carboxylic acids is 1. The molecule has 2 rings (SSSR count). The lowest BCUT2D eigenvalue weighted by Crippen LogP contribution is -2.29. The summed E-state index contributed by atoms with van der Waals surface area (Å²) in [6, 6.07) is 3.74. The van der Waals surface area contributed by atoms with Crippen molar-refractivity contribution in [3.8, 4) is 0 Å². The molecule has 0 spiro atoms. The Balaban J connectivity index is 2.24. The number of imidazole rings is 1. The molecule has 0 aliphatic heterocycles. The first-order valence-corrected chi connectivity index (χ1v) is 5.01. The van der Waals surface area contributed by atoms with Gasteiger partial charge in [-0.3, -0.25) is 9.59 Å². The van der Waals surface area contributed by atoms with Crippen molar-refractivity contribution in [1.29, 1.82) is 0 Å². The molecule has 0 aliphatic rings. The zero-order chi connectivity index (χ0) is 12.4. The predicted molar refractivity (Wildman–Crippen MR) is 59.9 cm³/mol. The first kappa shape index (κ1) is 11.1. The van der Waals surface area contributed by atoms with Gasteiger partial charge in [-0.25, -0.2) is 4.98 Å². The number of nitrogens with one attached hydrogen (secondary N) is 1. The molecule has 1 amide bonds. The first-order chi connectivity index (χ1) is 8.06. The Labute approximate surface area is 96.9 Å². The van der Waals surface area contributed by atoms with E-state index in [-0.39, 0.29) is 5.69 Å². The van der Waals surface area contributed by atoms with Crippen LogP contribution in [0.5, 0.6) is 0 Å². The van der Waals surface area contributed by atoms with Crippen LogP contribution >= 0.6 is 0 Å². The molecule has 0 aliphatic carbocycles. The van der Waals surface area contributed by atoms with Crippen molar-refractivity contribution in [3.63, 3.8) is 0 Å². The summed E-state index contributed by atoms with van der Waals surface area (Å²) in [5.41, 5.74) is 1.91. The van der Waals surface area contributed by atoms with Gasteiger partial charge < -0.3 is 14.8 Å². The summed E-state index contributed by atoms with van der Waals surface area (Å²) < 4.78 is 1.71. The quantitative estimate of drug-likeness (QED) is 0.806. The lowest BCUT2D eigenvalue weighted by atomic mass is 10.3. The first-order valence-electron chi connectivity index (χ1n) is 5.01. The molecule has 17 heavy (non-hydrogen) atoms. The average molecular weight is 233 g/mol. The van der Waals surface area contributed by atoms with Crippen LogP contribution in [-0.4, -0.2) is 32.9 Å². The minimum Gasteiger partial charge on any atom is -0.480 e. The number of nitrogens with zero attached hydrogens (tertiary/aromatic N) is 2. The fourth-order valence-electron chi connectivity index (χ4n) is 1.44. The summed E-state index contributed by atoms with van der Waals surface area (Å²) >= 11 is 0. The molecule has 0 aromatic carbocycles. The zero-order valence-corrected chi connectivity index (χ0v) is 9.17. The minimum absolute atomic E-state index is 0.205. The molecule has 2 aromatic rings. The van der Waals surface area contributed by atoms with Gasteiger partial charge in [-0.1, -0.05) is 0 Å². The second-order valence-electron chi connectivity index (χ2n) is 3.67. The number of fused-ring (bicyclic) bond motifs is 1. The Morgan fingerprint density at radius 1 is 1.53 bits per heavy atom. The smallest absolute Gasteiger partial charge is 0.322 e. The van der Waals surface area contributed by atoms with Crippen LogP contribution in [-0.2, 0) is 4.79 Å². The van der Waals surface area contributed by atoms with Gasteiger partial charge in [-0.2, -0.15) is 0 Å². The van der Waals surface area contributed by atoms with Crippen molar-refractivity contribution in [2.45, 2.75) is 6.92 Å². The molecule has 0 saturated heterocycles. The number of aryl methyl sites for hydroxylation is 1. The molecule has 88 valence electrons. The highest BCUT2D eigenvalue weighted by molar-refractivity contribution is 5.94. The molecule has 6 heteroatoms. The van der Waals surface area contributed by atoms with Gasteiger partial charge >= 0.3 is 5.97 Å². The van der Waals surface area contributed by atoms with Crippen molar-refractivity contribution < 1.29 is 14.7 Å². The number of amides is 1. The van der Waals surface area contributed by atoms with E-state index in [1.54, 1.807) is 16.8 Å². The lowest BCUT2D eigenvalue weighted by molar-refractivity contribution is -0.135. The van der Waals surface area contributed by atoms with Crippen molar-refractivity contribution in [2.24, 2.45) is 0 Å². The number of hydrogen-bond acceptors (Lipinski definition) is 3. The van der Waals surface area contributed by atoms with E-state index in [9.17, 15) is 9.59 Å². The molecular formula is C11H11N3O3. The van der Waals surface area contributed by atoms with E-state index < -0.39 is 18.4 Å². The van der Waals surface area contributed by atoms with Crippen LogP contribution in [0.25, 0.3) is 5.65 Å². The number of carboxylic acids is 1. The molecule has 6 nitrogen and oxygen atoms in total. The maximum atomic E-state index is 11.6. The van der Waals surface area contributed by atoms with E-state index in [1.165, 1.54) is 0 Å². The van der Waals surface area contributed by atoms with Crippen LogP contribution in [0.4, 0.5) is 0 Å². The molecule has 0 atom stereocenters. The Kier molecular flexibility index (Phi) is 2.78. The number of carbonyl (C=O) groups excluding carboxylic acids is 1. The van der Waals surface area contributed by atoms with Crippen LogP contribution in [0.1, 0.15) is 16.1 Å². The Morgan fingerprint density at radius 2 is 2.29 bits per heavy atom. The third-order valence-electron chi connectivity index (χ3n) is 2.25. The molecule has 2 N–H and O–H groups in total. The summed E-state index contributed by atoms with van der Waals surface area (Å²) in [5, 5.41) is 10.7. The number of hydrogen-bond donors (Lipinski definition) is 2. The minimum atomic E-state index is -1.09. The number of pyridine rings is 1. The maximum absolute atomic E-state index is 11.6. The van der Waals surface area contributed by atoms with Gasteiger partial charge in [0, 0.05) is 12.4 Å². The fourth-order valence-corrected chi connectivity index (χ4v) is 1.44. The second kappa shape index (κ2) is 4.25. The van der Waals surface area contributed by atoms with Crippen molar-refractivity contribution in [2.75, 3.05) is 6.54 Å². The van der Waals surface area contributed by atoms with Crippen LogP contribution in [0.3, 0.4) is 0 Å². The molecule has 0 radical (unpaired) electrons. The monoisotopic (exact) mass is 233 g/mol. The van der Waals surface area contributed by atoms with E-state index in [2.05, 4.69) is 10.3 Å². The van der Waals surface area contributed by atoms with E-state index in [0.29, 0.717) is 5.65 Å². The predicted octanol–water partition coefficient (Wildman–Crippen LogP) is 0.457. The van der Waals surface area contributed by atoms with Gasteiger partial charge in [0.15, 0.2) is 0 Å². The SMILES string of the molecule is Cc1ccn2cc(C(=O)NCC(=O)O)nc2c1. The van der Waals surface area contributed by atoms with Crippen molar-refractivity contribution >= 4 is 17.5 Å². The molecule has 0 fully saturated rings. The summed E-state index contributed by atoms with van der Waals surface area (Å²) in [7, 11) is 0. The number of rotatable bonds is 3. The number of carboxylic acid groups (broad SMARTS) is 1. The summed E-state index contributed by atoms with van der Waals surface area (Å²) in [6.07, 6.45) is 3.36. The van der Waals surface area contributed by atoms with E-state index in [4.69, 9.17) is 5.11 Å². The van der Waals surface area contributed by atoms with E-state index >= 15 is 0 Å². The molecule has 2 aromatic heterocycles. The van der Waals surface area contributed by atoms with Gasteiger partial charge in [-0.05, 0) is 24.6 Å². The standard InChI is InChI=1S/C11H11N3O3/c1-7-2-3-14-6-8(13-9(14)4-7)11(17)12-5-10(15)16/h2-4,6H,5H2,1H3,(H,12,17)(H,15,16). The zero-order valence-electron chi connectivity index (χ0n) is 9.17. The second-order valence-corrected chi connectivity index (χ2v) is 3.67. The highest BCUT2D eigenvalue weighted by Crippen LogP contribution is 2.07. The largest absolute Gasteiger partial charge is 0.480 e. The average Bonchev–Trinajstić information content (AvgIpc) is 2.68. The highest BCUT2D eigenvalue weighted by atomic mass is 16.4. The third kappa shape index (κ3) is 2.41. The van der Waals surface area contributed by atoms with Gasteiger partial charge in [0.25, 0.3) is 5.91 Å². The Bertz CT molecular complexity index is 589. The van der Waals surface area contributed by atoms with Crippen molar-refractivity contribution in [3.05, 3.63) is 35.8 Å². The fraction of sp³-hybridized carbons (Fsp3) is 0.182. The summed E-state index contributed by atoms with van der Waals surface area (Å²) in [4.78, 5) is 26.0. The maximum Gasteiger partial charge on any atom is 0.322 e. The van der Waals surface area contributed by atoms with E-state index in [0.717, 1.165) is 5.56 Å². The number of carbonyl (C=O) groups is 2. The van der Waals surface area contributed by atoms with Crippen molar-refractivity contribution in [1.82, 2.24) is 14.7 Å². The van der Waals surface area contributed by atoms with Crippen LogP contribution in [0, 0.1) is 6.92 Å². The van der Waals surface area contributed by atoms with Gasteiger partial charge in [0.05, 0.1) is 0 Å². The van der Waals surface area contributed by atoms with Crippen LogP contribution in [0.15, 0.2) is 24.5 Å². The summed E-state index contributed by atoms with van der Waals surface area (Å²) in [5.74, 6) is -1.58. The molecule has 2 heterocycles. The van der Waals surface area contributed by atoms with E-state index in [1.807, 2.05) is 19.1 Å². The Hall–Kier alpha value is -2.37. The summed E-state index contributed by atoms with van der Waals surface area (Å²) in [6.45, 7) is 1.52. The normalized spacial score (nSPS) is 10.4. The van der Waals surface area contributed by atoms with Crippen LogP contribution < -0.4 is 5.32 Å². The van der Waals surface area contributed by atoms with Gasteiger partial charge in [-0.15, -0.1) is 0 Å². The third-order valence-corrected chi connectivity index (χ3v) is 2.25. The topological polar surface area (TPSA) is 83.7 Å². The van der Waals surface area contributed by atoms with Crippen LogP contribution in [0.2, 0.25) is 0 Å². The molecule has 0 bridgehead atoms.